The molecule has 4 heteroatoms. The molecule has 3 aliphatic heterocycles. The van der Waals surface area contributed by atoms with Crippen LogP contribution in [0.15, 0.2) is 0 Å². The van der Waals surface area contributed by atoms with Gasteiger partial charge in [-0.05, 0) is 45.3 Å². The summed E-state index contributed by atoms with van der Waals surface area (Å²) < 4.78 is 0. The normalized spacial score (nSPS) is 33.9. The van der Waals surface area contributed by atoms with Gasteiger partial charge in [-0.25, -0.2) is 0 Å². The Morgan fingerprint density at radius 2 is 2.06 bits per heavy atom. The van der Waals surface area contributed by atoms with Crippen molar-refractivity contribution >= 4 is 5.91 Å². The van der Waals surface area contributed by atoms with E-state index in [0.717, 1.165) is 26.1 Å². The number of carbonyl (C=O) groups excluding carboxylic acids is 1. The predicted octanol–water partition coefficient (Wildman–Crippen LogP) is 0.483. The Balaban J connectivity index is 1.86. The molecular weight excluding hydrogens is 214 g/mol. The molecule has 0 saturated carbocycles. The molecule has 3 aliphatic rings. The lowest BCUT2D eigenvalue weighted by Gasteiger charge is -2.50. The monoisotopic (exact) mass is 237 g/mol. The minimum Gasteiger partial charge on any atom is -0.354 e. The Labute approximate surface area is 103 Å². The molecule has 3 fully saturated rings. The molecule has 3 heterocycles. The summed E-state index contributed by atoms with van der Waals surface area (Å²) >= 11 is 0. The van der Waals surface area contributed by atoms with Crippen molar-refractivity contribution in [1.29, 1.82) is 0 Å². The van der Waals surface area contributed by atoms with Gasteiger partial charge in [-0.2, -0.15) is 0 Å². The average Bonchev–Trinajstić information content (AvgIpc) is 2.50. The molecule has 0 aromatic rings. The third kappa shape index (κ3) is 2.08. The number of nitrogens with zero attached hydrogens (tertiary/aromatic N) is 1. The number of carbonyl (C=O) groups is 1. The van der Waals surface area contributed by atoms with Crippen molar-refractivity contribution in [2.24, 2.45) is 0 Å². The van der Waals surface area contributed by atoms with Crippen LogP contribution in [-0.4, -0.2) is 48.6 Å². The van der Waals surface area contributed by atoms with Gasteiger partial charge in [-0.1, -0.05) is 6.42 Å². The van der Waals surface area contributed by atoms with Gasteiger partial charge in [-0.3, -0.25) is 9.69 Å². The maximum absolute atomic E-state index is 11.8. The van der Waals surface area contributed by atoms with E-state index in [1.165, 1.54) is 38.6 Å². The lowest BCUT2D eigenvalue weighted by molar-refractivity contribution is -0.121. The maximum atomic E-state index is 11.8. The number of fused-ring (bicyclic) bond motifs is 2. The van der Waals surface area contributed by atoms with E-state index in [4.69, 9.17) is 0 Å². The van der Waals surface area contributed by atoms with Crippen LogP contribution in [-0.2, 0) is 4.79 Å². The fraction of sp³-hybridized carbons (Fsp3) is 0.923. The highest BCUT2D eigenvalue weighted by Crippen LogP contribution is 2.35. The van der Waals surface area contributed by atoms with Gasteiger partial charge in [0.25, 0.3) is 0 Å². The van der Waals surface area contributed by atoms with Gasteiger partial charge in [0.2, 0.25) is 5.91 Å². The highest BCUT2D eigenvalue weighted by Gasteiger charge is 2.44. The molecule has 0 aromatic carbocycles. The molecule has 0 aliphatic carbocycles. The minimum atomic E-state index is 0.252. The van der Waals surface area contributed by atoms with Crippen LogP contribution in [0.1, 0.15) is 38.5 Å². The van der Waals surface area contributed by atoms with Gasteiger partial charge >= 0.3 is 0 Å². The summed E-state index contributed by atoms with van der Waals surface area (Å²) in [5.41, 5.74) is 0.252. The molecule has 2 N–H and O–H groups in total. The lowest BCUT2D eigenvalue weighted by Crippen LogP contribution is -2.61. The highest BCUT2D eigenvalue weighted by atomic mass is 16.1. The molecule has 1 atom stereocenters. The van der Waals surface area contributed by atoms with E-state index in [1.54, 1.807) is 0 Å². The highest BCUT2D eigenvalue weighted by molar-refractivity contribution is 5.77. The molecule has 4 nitrogen and oxygen atoms in total. The number of piperidine rings is 2. The molecule has 0 bridgehead atoms. The summed E-state index contributed by atoms with van der Waals surface area (Å²) in [4.78, 5) is 14.5. The van der Waals surface area contributed by atoms with E-state index in [0.29, 0.717) is 6.04 Å². The number of nitrogens with one attached hydrogen (secondary N) is 2. The molecule has 1 spiro atoms. The van der Waals surface area contributed by atoms with Crippen LogP contribution in [0.4, 0.5) is 0 Å². The first kappa shape index (κ1) is 11.5. The Bertz CT molecular complexity index is 299. The molecule has 17 heavy (non-hydrogen) atoms. The van der Waals surface area contributed by atoms with Gasteiger partial charge in [-0.15, -0.1) is 0 Å². The number of rotatable bonds is 0. The van der Waals surface area contributed by atoms with E-state index < -0.39 is 0 Å². The zero-order chi connectivity index (χ0) is 11.7. The number of hydrogen-bond acceptors (Lipinski definition) is 3. The van der Waals surface area contributed by atoms with Crippen molar-refractivity contribution in [3.8, 4) is 0 Å². The first-order chi connectivity index (χ1) is 8.30. The van der Waals surface area contributed by atoms with Crippen LogP contribution >= 0.6 is 0 Å². The zero-order valence-corrected chi connectivity index (χ0v) is 10.5. The number of hydrogen-bond donors (Lipinski definition) is 2. The summed E-state index contributed by atoms with van der Waals surface area (Å²) in [6.07, 6.45) is 6.90. The van der Waals surface area contributed by atoms with Crippen molar-refractivity contribution in [1.82, 2.24) is 15.5 Å². The second kappa shape index (κ2) is 4.58. The summed E-state index contributed by atoms with van der Waals surface area (Å²) in [6, 6.07) is 0.504. The fourth-order valence-corrected chi connectivity index (χ4v) is 3.84. The maximum Gasteiger partial charge on any atom is 0.221 e. The average molecular weight is 237 g/mol. The smallest absolute Gasteiger partial charge is 0.221 e. The van der Waals surface area contributed by atoms with Crippen molar-refractivity contribution in [2.45, 2.75) is 50.1 Å². The summed E-state index contributed by atoms with van der Waals surface area (Å²) in [5.74, 6) is 0.261. The first-order valence-electron chi connectivity index (χ1n) is 7.04. The Kier molecular flexibility index (Phi) is 3.09. The second-order valence-corrected chi connectivity index (χ2v) is 5.80. The van der Waals surface area contributed by atoms with Gasteiger partial charge in [0, 0.05) is 24.5 Å². The third-order valence-electron chi connectivity index (χ3n) is 4.81. The summed E-state index contributed by atoms with van der Waals surface area (Å²) in [5, 5.41) is 6.60. The summed E-state index contributed by atoms with van der Waals surface area (Å²) in [7, 11) is 0. The van der Waals surface area contributed by atoms with E-state index in [1.807, 2.05) is 0 Å². The van der Waals surface area contributed by atoms with Crippen LogP contribution in [0.25, 0.3) is 0 Å². The molecule has 3 rings (SSSR count). The standard InChI is InChI=1S/C13H23N3O/c17-12-9-11-3-1-2-8-16(11)13(10-15-12)4-6-14-7-5-13/h11,14H,1-10H2,(H,15,17). The van der Waals surface area contributed by atoms with Crippen LogP contribution < -0.4 is 10.6 Å². The quantitative estimate of drug-likeness (QED) is 0.644. The molecule has 1 unspecified atom stereocenters. The van der Waals surface area contributed by atoms with Crippen LogP contribution in [0.5, 0.6) is 0 Å². The second-order valence-electron chi connectivity index (χ2n) is 5.80. The van der Waals surface area contributed by atoms with Crippen LogP contribution in [0.3, 0.4) is 0 Å². The molecule has 3 saturated heterocycles. The van der Waals surface area contributed by atoms with Gasteiger partial charge in [0.1, 0.15) is 0 Å². The minimum absolute atomic E-state index is 0.252. The van der Waals surface area contributed by atoms with Crippen molar-refractivity contribution in [3.63, 3.8) is 0 Å². The first-order valence-corrected chi connectivity index (χ1v) is 7.04. The topological polar surface area (TPSA) is 44.4 Å². The third-order valence-corrected chi connectivity index (χ3v) is 4.81. The van der Waals surface area contributed by atoms with Crippen molar-refractivity contribution in [2.75, 3.05) is 26.2 Å². The van der Waals surface area contributed by atoms with Crippen LogP contribution in [0, 0.1) is 0 Å². The summed E-state index contributed by atoms with van der Waals surface area (Å²) in [6.45, 7) is 4.25. The predicted molar refractivity (Wildman–Crippen MR) is 66.8 cm³/mol. The van der Waals surface area contributed by atoms with E-state index >= 15 is 0 Å². The van der Waals surface area contributed by atoms with Gasteiger partial charge in [0.05, 0.1) is 0 Å². The molecule has 0 radical (unpaired) electrons. The Morgan fingerprint density at radius 3 is 2.88 bits per heavy atom. The van der Waals surface area contributed by atoms with Gasteiger partial charge in [0.15, 0.2) is 0 Å². The lowest BCUT2D eigenvalue weighted by atomic mass is 9.83. The molecule has 0 aromatic heterocycles. The fourth-order valence-electron chi connectivity index (χ4n) is 3.84. The number of amides is 1. The Morgan fingerprint density at radius 1 is 1.24 bits per heavy atom. The van der Waals surface area contributed by atoms with E-state index in [-0.39, 0.29) is 11.4 Å². The molecular formula is C13H23N3O. The largest absolute Gasteiger partial charge is 0.354 e. The van der Waals surface area contributed by atoms with Crippen molar-refractivity contribution < 1.29 is 4.79 Å². The van der Waals surface area contributed by atoms with E-state index in [2.05, 4.69) is 15.5 Å². The molecule has 1 amide bonds. The van der Waals surface area contributed by atoms with Crippen molar-refractivity contribution in [3.05, 3.63) is 0 Å². The Hall–Kier alpha value is -0.610. The zero-order valence-electron chi connectivity index (χ0n) is 10.5. The van der Waals surface area contributed by atoms with E-state index in [9.17, 15) is 4.79 Å². The van der Waals surface area contributed by atoms with Gasteiger partial charge < -0.3 is 10.6 Å². The molecule has 96 valence electrons. The SMILES string of the molecule is O=C1CC2CCCCN2C2(CCNCC2)CN1. The van der Waals surface area contributed by atoms with Crippen LogP contribution in [0.2, 0.25) is 0 Å².